The van der Waals surface area contributed by atoms with E-state index in [0.29, 0.717) is 5.39 Å². The first-order valence-corrected chi connectivity index (χ1v) is 4.20. The minimum Gasteiger partial charge on any atom is -0.507 e. The summed E-state index contributed by atoms with van der Waals surface area (Å²) in [6.45, 7) is 0. The molecule has 1 amide bonds. The Kier molecular flexibility index (Phi) is 1.85. The van der Waals surface area contributed by atoms with E-state index >= 15 is 0 Å². The number of amides is 1. The van der Waals surface area contributed by atoms with Crippen molar-refractivity contribution >= 4 is 16.7 Å². The summed E-state index contributed by atoms with van der Waals surface area (Å²) in [4.78, 5) is 11.1. The van der Waals surface area contributed by atoms with Gasteiger partial charge in [0.1, 0.15) is 5.75 Å². The number of fused-ring (bicyclic) bond motifs is 1. The van der Waals surface area contributed by atoms with Crippen LogP contribution in [0.5, 0.6) is 5.75 Å². The molecular formula is C11H9NO2. The zero-order valence-corrected chi connectivity index (χ0v) is 7.40. The highest BCUT2D eigenvalue weighted by molar-refractivity contribution is 6.08. The lowest BCUT2D eigenvalue weighted by molar-refractivity contribution is 0.0999. The first-order valence-electron chi connectivity index (χ1n) is 4.20. The number of aromatic hydroxyl groups is 1. The second kappa shape index (κ2) is 3.03. The summed E-state index contributed by atoms with van der Waals surface area (Å²) in [5, 5.41) is 11.0. The van der Waals surface area contributed by atoms with Crippen molar-refractivity contribution in [3.8, 4) is 5.75 Å². The van der Waals surface area contributed by atoms with E-state index in [1.54, 1.807) is 18.2 Å². The van der Waals surface area contributed by atoms with Crippen molar-refractivity contribution in [1.82, 2.24) is 0 Å². The molecule has 3 heteroatoms. The van der Waals surface area contributed by atoms with E-state index in [9.17, 15) is 9.90 Å². The smallest absolute Gasteiger partial charge is 0.253 e. The van der Waals surface area contributed by atoms with Crippen molar-refractivity contribution in [3.05, 3.63) is 42.0 Å². The molecule has 0 aromatic heterocycles. The van der Waals surface area contributed by atoms with Crippen LogP contribution in [0.3, 0.4) is 0 Å². The van der Waals surface area contributed by atoms with Gasteiger partial charge in [0.15, 0.2) is 0 Å². The SMILES string of the molecule is NC(=O)c1c(O)ccc2ccccc12. The molecule has 0 aliphatic heterocycles. The molecule has 0 bridgehead atoms. The van der Waals surface area contributed by atoms with Gasteiger partial charge in [-0.05, 0) is 16.8 Å². The molecule has 0 saturated heterocycles. The lowest BCUT2D eigenvalue weighted by Crippen LogP contribution is -2.11. The molecule has 2 rings (SSSR count). The third kappa shape index (κ3) is 1.19. The van der Waals surface area contributed by atoms with Crippen LogP contribution in [0.1, 0.15) is 10.4 Å². The van der Waals surface area contributed by atoms with Gasteiger partial charge in [-0.3, -0.25) is 4.79 Å². The number of rotatable bonds is 1. The third-order valence-corrected chi connectivity index (χ3v) is 2.15. The summed E-state index contributed by atoms with van der Waals surface area (Å²) in [5.41, 5.74) is 5.37. The van der Waals surface area contributed by atoms with Gasteiger partial charge in [0.2, 0.25) is 0 Å². The fourth-order valence-electron chi connectivity index (χ4n) is 1.52. The Balaban J connectivity index is 2.90. The molecule has 0 saturated carbocycles. The standard InChI is InChI=1S/C11H9NO2/c12-11(14)10-8-4-2-1-3-7(8)5-6-9(10)13/h1-6,13H,(H2,12,14). The number of carbonyl (C=O) groups is 1. The molecule has 0 fully saturated rings. The molecule has 3 nitrogen and oxygen atoms in total. The number of benzene rings is 2. The normalized spacial score (nSPS) is 10.3. The van der Waals surface area contributed by atoms with Crippen LogP contribution >= 0.6 is 0 Å². The zero-order chi connectivity index (χ0) is 10.1. The molecule has 0 spiro atoms. The van der Waals surface area contributed by atoms with Crippen LogP contribution in [0.25, 0.3) is 10.8 Å². The third-order valence-electron chi connectivity index (χ3n) is 2.15. The van der Waals surface area contributed by atoms with Gasteiger partial charge in [-0.15, -0.1) is 0 Å². The number of nitrogens with two attached hydrogens (primary N) is 1. The van der Waals surface area contributed by atoms with Crippen molar-refractivity contribution in [2.75, 3.05) is 0 Å². The van der Waals surface area contributed by atoms with Crippen molar-refractivity contribution < 1.29 is 9.90 Å². The van der Waals surface area contributed by atoms with Gasteiger partial charge in [-0.1, -0.05) is 30.3 Å². The summed E-state index contributed by atoms with van der Waals surface area (Å²) >= 11 is 0. The highest BCUT2D eigenvalue weighted by Gasteiger charge is 2.10. The maximum Gasteiger partial charge on any atom is 0.253 e. The second-order valence-corrected chi connectivity index (χ2v) is 3.05. The van der Waals surface area contributed by atoms with Crippen LogP contribution in [0.4, 0.5) is 0 Å². The van der Waals surface area contributed by atoms with Crippen LogP contribution in [0.15, 0.2) is 36.4 Å². The first-order chi connectivity index (χ1) is 6.70. The van der Waals surface area contributed by atoms with Crippen LogP contribution in [0.2, 0.25) is 0 Å². The highest BCUT2D eigenvalue weighted by Crippen LogP contribution is 2.26. The highest BCUT2D eigenvalue weighted by atomic mass is 16.3. The average Bonchev–Trinajstić information content (AvgIpc) is 2.17. The Morgan fingerprint density at radius 2 is 1.86 bits per heavy atom. The Labute approximate surface area is 80.8 Å². The first kappa shape index (κ1) is 8.56. The van der Waals surface area contributed by atoms with E-state index in [1.807, 2.05) is 12.1 Å². The predicted octanol–water partition coefficient (Wildman–Crippen LogP) is 1.64. The number of carbonyl (C=O) groups excluding carboxylic acids is 1. The quantitative estimate of drug-likeness (QED) is 0.712. The Morgan fingerprint density at radius 1 is 1.14 bits per heavy atom. The van der Waals surface area contributed by atoms with Gasteiger partial charge >= 0.3 is 0 Å². The van der Waals surface area contributed by atoms with E-state index in [2.05, 4.69) is 0 Å². The molecule has 2 aromatic carbocycles. The monoisotopic (exact) mass is 187 g/mol. The molecule has 2 aromatic rings. The van der Waals surface area contributed by atoms with Crippen molar-refractivity contribution in [2.45, 2.75) is 0 Å². The molecular weight excluding hydrogens is 178 g/mol. The second-order valence-electron chi connectivity index (χ2n) is 3.05. The topological polar surface area (TPSA) is 63.3 Å². The number of hydrogen-bond donors (Lipinski definition) is 2. The van der Waals surface area contributed by atoms with Crippen molar-refractivity contribution in [2.24, 2.45) is 5.73 Å². The van der Waals surface area contributed by atoms with Crippen LogP contribution < -0.4 is 5.73 Å². The van der Waals surface area contributed by atoms with Crippen LogP contribution in [0, 0.1) is 0 Å². The van der Waals surface area contributed by atoms with Gasteiger partial charge in [0, 0.05) is 0 Å². The lowest BCUT2D eigenvalue weighted by atomic mass is 10.0. The predicted molar refractivity (Wildman–Crippen MR) is 54.1 cm³/mol. The molecule has 0 aliphatic carbocycles. The van der Waals surface area contributed by atoms with Crippen molar-refractivity contribution in [1.29, 1.82) is 0 Å². The van der Waals surface area contributed by atoms with Gasteiger partial charge < -0.3 is 10.8 Å². The molecule has 0 atom stereocenters. The summed E-state index contributed by atoms with van der Waals surface area (Å²) in [5.74, 6) is -0.685. The van der Waals surface area contributed by atoms with E-state index in [-0.39, 0.29) is 11.3 Å². The molecule has 3 N–H and O–H groups in total. The van der Waals surface area contributed by atoms with E-state index in [0.717, 1.165) is 5.39 Å². The fourth-order valence-corrected chi connectivity index (χ4v) is 1.52. The van der Waals surface area contributed by atoms with Gasteiger partial charge in [-0.25, -0.2) is 0 Å². The van der Waals surface area contributed by atoms with E-state index in [1.165, 1.54) is 6.07 Å². The minimum atomic E-state index is -0.612. The maximum absolute atomic E-state index is 11.1. The van der Waals surface area contributed by atoms with Crippen molar-refractivity contribution in [3.63, 3.8) is 0 Å². The largest absolute Gasteiger partial charge is 0.507 e. The maximum atomic E-state index is 11.1. The Morgan fingerprint density at radius 3 is 2.57 bits per heavy atom. The summed E-state index contributed by atoms with van der Waals surface area (Å²) in [6.07, 6.45) is 0. The molecule has 0 unspecified atom stereocenters. The number of primary amides is 1. The van der Waals surface area contributed by atoms with Gasteiger partial charge in [-0.2, -0.15) is 0 Å². The minimum absolute atomic E-state index is 0.0730. The fraction of sp³-hybridized carbons (Fsp3) is 0. The van der Waals surface area contributed by atoms with Crippen LogP contribution in [-0.2, 0) is 0 Å². The zero-order valence-electron chi connectivity index (χ0n) is 7.40. The van der Waals surface area contributed by atoms with Crippen LogP contribution in [-0.4, -0.2) is 11.0 Å². The average molecular weight is 187 g/mol. The summed E-state index contributed by atoms with van der Waals surface area (Å²) < 4.78 is 0. The molecule has 0 aliphatic rings. The van der Waals surface area contributed by atoms with Gasteiger partial charge in [0.05, 0.1) is 5.56 Å². The molecule has 70 valence electrons. The lowest BCUT2D eigenvalue weighted by Gasteiger charge is -2.04. The van der Waals surface area contributed by atoms with Gasteiger partial charge in [0.25, 0.3) is 5.91 Å². The Hall–Kier alpha value is -2.03. The number of hydrogen-bond acceptors (Lipinski definition) is 2. The number of phenols is 1. The molecule has 0 heterocycles. The summed E-state index contributed by atoms with van der Waals surface area (Å²) in [7, 11) is 0. The molecule has 14 heavy (non-hydrogen) atoms. The molecule has 0 radical (unpaired) electrons. The Bertz CT molecular complexity index is 506. The van der Waals surface area contributed by atoms with E-state index in [4.69, 9.17) is 5.73 Å². The summed E-state index contributed by atoms with van der Waals surface area (Å²) in [6, 6.07) is 10.5. The van der Waals surface area contributed by atoms with E-state index < -0.39 is 5.91 Å².